The number of H-pyrrole nitrogens is 1. The van der Waals surface area contributed by atoms with E-state index in [1.165, 1.54) is 10.5 Å². The Morgan fingerprint density at radius 3 is 3.00 bits per heavy atom. The molecule has 2 atom stereocenters. The average molecular weight is 415 g/mol. The Morgan fingerprint density at radius 2 is 2.14 bits per heavy atom. The van der Waals surface area contributed by atoms with E-state index >= 15 is 0 Å². The van der Waals surface area contributed by atoms with Crippen LogP contribution in [0.4, 0.5) is 0 Å². The second-order valence-electron chi connectivity index (χ2n) is 7.16. The van der Waals surface area contributed by atoms with Crippen LogP contribution in [0.1, 0.15) is 23.3 Å². The maximum Gasteiger partial charge on any atom is 0.231 e. The van der Waals surface area contributed by atoms with Crippen molar-refractivity contribution in [1.82, 2.24) is 10.3 Å². The summed E-state index contributed by atoms with van der Waals surface area (Å²) in [6, 6.07) is 8.61. The second-order valence-corrected chi connectivity index (χ2v) is 9.68. The van der Waals surface area contributed by atoms with E-state index in [-0.39, 0.29) is 6.79 Å². The van der Waals surface area contributed by atoms with Crippen molar-refractivity contribution < 1.29 is 13.7 Å². The number of fused-ring (bicyclic) bond motifs is 2. The van der Waals surface area contributed by atoms with Crippen molar-refractivity contribution in [2.45, 2.75) is 24.6 Å². The molecule has 0 spiro atoms. The summed E-state index contributed by atoms with van der Waals surface area (Å²) in [7, 11) is -0.902. The third-order valence-corrected chi connectivity index (χ3v) is 7.60. The number of rotatable bonds is 6. The quantitative estimate of drug-likeness (QED) is 0.639. The van der Waals surface area contributed by atoms with Crippen LogP contribution in [0.2, 0.25) is 0 Å². The SMILES string of the molecule is O=S(CCC1CC(c2cccs2)=CCN1)Cc1c[nH]c2cc3c(cc12)OCO3. The van der Waals surface area contributed by atoms with Crippen molar-refractivity contribution >= 4 is 38.6 Å². The molecule has 0 aliphatic carbocycles. The summed E-state index contributed by atoms with van der Waals surface area (Å²) in [5.74, 6) is 2.78. The van der Waals surface area contributed by atoms with Gasteiger partial charge in [0, 0.05) is 57.2 Å². The Kier molecular flexibility index (Phi) is 4.96. The van der Waals surface area contributed by atoms with Crippen LogP contribution in [-0.2, 0) is 16.6 Å². The van der Waals surface area contributed by atoms with Gasteiger partial charge in [-0.1, -0.05) is 12.1 Å². The third kappa shape index (κ3) is 3.62. The van der Waals surface area contributed by atoms with E-state index < -0.39 is 10.8 Å². The van der Waals surface area contributed by atoms with Crippen molar-refractivity contribution in [3.8, 4) is 11.5 Å². The lowest BCUT2D eigenvalue weighted by Crippen LogP contribution is -2.34. The van der Waals surface area contributed by atoms with Crippen LogP contribution < -0.4 is 14.8 Å². The van der Waals surface area contributed by atoms with Crippen molar-refractivity contribution in [1.29, 1.82) is 0 Å². The Hall–Kier alpha value is -2.09. The Labute approximate surface area is 170 Å². The van der Waals surface area contributed by atoms with E-state index in [4.69, 9.17) is 9.47 Å². The zero-order valence-corrected chi connectivity index (χ0v) is 17.0. The molecule has 0 saturated heterocycles. The summed E-state index contributed by atoms with van der Waals surface area (Å²) < 4.78 is 23.6. The fraction of sp³-hybridized carbons (Fsp3) is 0.333. The molecule has 0 amide bonds. The number of nitrogens with one attached hydrogen (secondary N) is 2. The highest BCUT2D eigenvalue weighted by atomic mass is 32.2. The van der Waals surface area contributed by atoms with Gasteiger partial charge in [-0.2, -0.15) is 0 Å². The van der Waals surface area contributed by atoms with Crippen molar-refractivity contribution in [3.05, 3.63) is 52.4 Å². The first-order valence-corrected chi connectivity index (χ1v) is 11.8. The number of aromatic nitrogens is 1. The van der Waals surface area contributed by atoms with Crippen LogP contribution in [0.15, 0.2) is 41.9 Å². The molecule has 0 saturated carbocycles. The van der Waals surface area contributed by atoms with Gasteiger partial charge in [0.15, 0.2) is 11.5 Å². The molecule has 4 heterocycles. The van der Waals surface area contributed by atoms with Gasteiger partial charge in [-0.05, 0) is 41.5 Å². The van der Waals surface area contributed by atoms with E-state index in [0.29, 0.717) is 17.5 Å². The Balaban J connectivity index is 1.20. The first-order valence-electron chi connectivity index (χ1n) is 9.47. The minimum Gasteiger partial charge on any atom is -0.454 e. The minimum absolute atomic E-state index is 0.263. The molecule has 1 aromatic carbocycles. The van der Waals surface area contributed by atoms with Gasteiger partial charge in [-0.3, -0.25) is 4.21 Å². The molecule has 2 aromatic heterocycles. The van der Waals surface area contributed by atoms with Crippen LogP contribution in [0.3, 0.4) is 0 Å². The number of thiophene rings is 1. The molecule has 5 nitrogen and oxygen atoms in total. The van der Waals surface area contributed by atoms with Gasteiger partial charge >= 0.3 is 0 Å². The van der Waals surface area contributed by atoms with E-state index in [9.17, 15) is 4.21 Å². The Bertz CT molecular complexity index is 1040. The van der Waals surface area contributed by atoms with Crippen molar-refractivity contribution in [3.63, 3.8) is 0 Å². The first-order chi connectivity index (χ1) is 13.8. The van der Waals surface area contributed by atoms with E-state index in [1.807, 2.05) is 18.3 Å². The molecule has 2 aliphatic rings. The largest absolute Gasteiger partial charge is 0.454 e. The van der Waals surface area contributed by atoms with Gasteiger partial charge in [-0.25, -0.2) is 0 Å². The summed E-state index contributed by atoms with van der Waals surface area (Å²) in [5.41, 5.74) is 3.48. The van der Waals surface area contributed by atoms with Gasteiger partial charge < -0.3 is 19.8 Å². The maximum atomic E-state index is 12.7. The number of benzene rings is 1. The zero-order valence-electron chi connectivity index (χ0n) is 15.4. The van der Waals surface area contributed by atoms with Gasteiger partial charge in [0.1, 0.15) is 0 Å². The zero-order chi connectivity index (χ0) is 18.9. The number of aromatic amines is 1. The van der Waals surface area contributed by atoms with Crippen LogP contribution >= 0.6 is 11.3 Å². The summed E-state index contributed by atoms with van der Waals surface area (Å²) in [5, 5.41) is 6.73. The predicted octanol–water partition coefficient (Wildman–Crippen LogP) is 4.04. The molecule has 2 unspecified atom stereocenters. The monoisotopic (exact) mass is 414 g/mol. The lowest BCUT2D eigenvalue weighted by atomic mass is 9.99. The third-order valence-electron chi connectivity index (χ3n) is 5.33. The molecule has 146 valence electrons. The molecule has 0 radical (unpaired) electrons. The molecule has 7 heteroatoms. The molecule has 3 aromatic rings. The average Bonchev–Trinajstić information content (AvgIpc) is 3.46. The fourth-order valence-electron chi connectivity index (χ4n) is 3.84. The van der Waals surface area contributed by atoms with Crippen LogP contribution in [0, 0.1) is 0 Å². The van der Waals surface area contributed by atoms with Crippen molar-refractivity contribution in [2.75, 3.05) is 19.1 Å². The fourth-order valence-corrected chi connectivity index (χ4v) is 5.90. The molecule has 0 fully saturated rings. The van der Waals surface area contributed by atoms with Gasteiger partial charge in [-0.15, -0.1) is 11.3 Å². The smallest absolute Gasteiger partial charge is 0.231 e. The number of hydrogen-bond acceptors (Lipinski definition) is 5. The standard InChI is InChI=1S/C21H22N2O3S2/c24-28(7-4-16-8-14(3-5-22-16)21-2-1-6-27-21)12-15-11-23-18-10-20-19(9-17(15)18)25-13-26-20/h1-3,6,9-11,16,22-23H,4-5,7-8,12-13H2. The van der Waals surface area contributed by atoms with E-state index in [0.717, 1.165) is 47.4 Å². The molecular formula is C21H22N2O3S2. The van der Waals surface area contributed by atoms with Crippen LogP contribution in [0.5, 0.6) is 11.5 Å². The highest BCUT2D eigenvalue weighted by Crippen LogP contribution is 2.37. The van der Waals surface area contributed by atoms with Gasteiger partial charge in [0.05, 0.1) is 5.75 Å². The van der Waals surface area contributed by atoms with Gasteiger partial charge in [0.25, 0.3) is 0 Å². The molecular weight excluding hydrogens is 392 g/mol. The lowest BCUT2D eigenvalue weighted by molar-refractivity contribution is 0.174. The topological polar surface area (TPSA) is 63.4 Å². The molecule has 5 rings (SSSR count). The normalized spacial score (nSPS) is 19.7. The van der Waals surface area contributed by atoms with E-state index in [2.05, 4.69) is 33.9 Å². The van der Waals surface area contributed by atoms with Gasteiger partial charge in [0.2, 0.25) is 6.79 Å². The molecule has 2 aliphatic heterocycles. The molecule has 28 heavy (non-hydrogen) atoms. The van der Waals surface area contributed by atoms with E-state index in [1.54, 1.807) is 11.3 Å². The second kappa shape index (κ2) is 7.73. The Morgan fingerprint density at radius 1 is 1.25 bits per heavy atom. The van der Waals surface area contributed by atoms with Crippen molar-refractivity contribution in [2.24, 2.45) is 0 Å². The minimum atomic E-state index is -0.902. The summed E-state index contributed by atoms with van der Waals surface area (Å²) in [6.07, 6.45) is 6.15. The van der Waals surface area contributed by atoms with Crippen LogP contribution in [0.25, 0.3) is 16.5 Å². The highest BCUT2D eigenvalue weighted by Gasteiger charge is 2.19. The first kappa shape index (κ1) is 18.0. The number of hydrogen-bond donors (Lipinski definition) is 2. The summed E-state index contributed by atoms with van der Waals surface area (Å²) in [6.45, 7) is 1.15. The predicted molar refractivity (Wildman–Crippen MR) is 114 cm³/mol. The van der Waals surface area contributed by atoms with Crippen LogP contribution in [-0.4, -0.2) is 34.3 Å². The molecule has 2 N–H and O–H groups in total. The lowest BCUT2D eigenvalue weighted by Gasteiger charge is -2.23. The maximum absolute atomic E-state index is 12.7. The summed E-state index contributed by atoms with van der Waals surface area (Å²) in [4.78, 5) is 4.61. The highest BCUT2D eigenvalue weighted by molar-refractivity contribution is 7.84. The molecule has 0 bridgehead atoms. The number of ether oxygens (including phenoxy) is 2. The summed E-state index contributed by atoms with van der Waals surface area (Å²) >= 11 is 1.79.